The predicted octanol–water partition coefficient (Wildman–Crippen LogP) is 3.62. The zero-order valence-corrected chi connectivity index (χ0v) is 12.8. The smallest absolute Gasteiger partial charge is 0.234 e. The minimum absolute atomic E-state index is 0.151. The Morgan fingerprint density at radius 2 is 2.11 bits per heavy atom. The molecule has 1 aromatic heterocycles. The maximum atomic E-state index is 11.8. The lowest BCUT2D eigenvalue weighted by molar-refractivity contribution is -0.113. The van der Waals surface area contributed by atoms with Crippen molar-refractivity contribution < 1.29 is 4.79 Å². The van der Waals surface area contributed by atoms with Crippen molar-refractivity contribution in [2.24, 2.45) is 0 Å². The Hall–Kier alpha value is -1.11. The number of benzene rings is 1. The second-order valence-corrected chi connectivity index (χ2v) is 5.76. The second-order valence-electron chi connectivity index (χ2n) is 3.49. The van der Waals surface area contributed by atoms with Crippen LogP contribution in [0, 0.1) is 0 Å². The van der Waals surface area contributed by atoms with Gasteiger partial charge in [0.05, 0.1) is 16.5 Å². The Kier molecular flexibility index (Phi) is 5.18. The summed E-state index contributed by atoms with van der Waals surface area (Å²) in [6.07, 6.45) is 3.28. The first-order valence-corrected chi connectivity index (χ1v) is 7.45. The number of thioether (sulfide) groups is 1. The molecule has 0 aliphatic rings. The van der Waals surface area contributed by atoms with Gasteiger partial charge in [-0.1, -0.05) is 39.3 Å². The van der Waals surface area contributed by atoms with E-state index in [1.54, 1.807) is 30.6 Å². The fourth-order valence-electron chi connectivity index (χ4n) is 1.27. The van der Waals surface area contributed by atoms with Crippen molar-refractivity contribution in [3.63, 3.8) is 0 Å². The van der Waals surface area contributed by atoms with Crippen LogP contribution in [-0.4, -0.2) is 21.6 Å². The monoisotopic (exact) mass is 357 g/mol. The summed E-state index contributed by atoms with van der Waals surface area (Å²) in [6.45, 7) is 0. The normalized spacial score (nSPS) is 10.2. The molecule has 0 bridgehead atoms. The zero-order valence-electron chi connectivity index (χ0n) is 9.64. The molecule has 2 aromatic rings. The molecule has 0 atom stereocenters. The zero-order chi connectivity index (χ0) is 13.7. The molecule has 1 aromatic carbocycles. The number of carbonyl (C=O) groups excluding carboxylic acids is 1. The van der Waals surface area contributed by atoms with Crippen molar-refractivity contribution in [2.75, 3.05) is 11.1 Å². The fraction of sp³-hybridized carbons (Fsp3) is 0.0833. The van der Waals surface area contributed by atoms with E-state index in [2.05, 4.69) is 31.2 Å². The van der Waals surface area contributed by atoms with Crippen LogP contribution in [0.15, 0.2) is 46.3 Å². The topological polar surface area (TPSA) is 54.9 Å². The van der Waals surface area contributed by atoms with E-state index in [9.17, 15) is 4.79 Å². The maximum absolute atomic E-state index is 11.8. The molecule has 0 saturated heterocycles. The van der Waals surface area contributed by atoms with E-state index in [1.807, 2.05) is 6.07 Å². The van der Waals surface area contributed by atoms with Gasteiger partial charge in [0.15, 0.2) is 5.16 Å². The molecule has 0 radical (unpaired) electrons. The van der Waals surface area contributed by atoms with Gasteiger partial charge < -0.3 is 5.32 Å². The number of hydrogen-bond acceptors (Lipinski definition) is 4. The van der Waals surface area contributed by atoms with E-state index >= 15 is 0 Å². The Morgan fingerprint density at radius 1 is 1.37 bits per heavy atom. The van der Waals surface area contributed by atoms with Crippen molar-refractivity contribution >= 4 is 50.9 Å². The number of amides is 1. The average Bonchev–Trinajstić information content (AvgIpc) is 2.41. The number of halogens is 2. The summed E-state index contributed by atoms with van der Waals surface area (Å²) in [5, 5.41) is 3.80. The summed E-state index contributed by atoms with van der Waals surface area (Å²) >= 11 is 10.6. The third-order valence-electron chi connectivity index (χ3n) is 2.08. The van der Waals surface area contributed by atoms with Gasteiger partial charge >= 0.3 is 0 Å². The number of nitrogens with one attached hydrogen (secondary N) is 1. The van der Waals surface area contributed by atoms with Gasteiger partial charge in [-0.3, -0.25) is 4.79 Å². The molecule has 4 nitrogen and oxygen atoms in total. The predicted molar refractivity (Wildman–Crippen MR) is 80.5 cm³/mol. The van der Waals surface area contributed by atoms with Crippen molar-refractivity contribution in [3.05, 3.63) is 46.2 Å². The standard InChI is InChI=1S/C12H9BrClN3OS/c13-8-2-3-10(9(14)6-8)17-11(18)7-19-12-15-4-1-5-16-12/h1-6H,7H2,(H,17,18). The molecule has 0 aliphatic carbocycles. The molecule has 7 heteroatoms. The summed E-state index contributed by atoms with van der Waals surface area (Å²) in [7, 11) is 0. The molecule has 1 heterocycles. The van der Waals surface area contributed by atoms with Gasteiger partial charge in [0.25, 0.3) is 0 Å². The molecule has 0 aliphatic heterocycles. The van der Waals surface area contributed by atoms with Crippen molar-refractivity contribution in [1.29, 1.82) is 0 Å². The first-order chi connectivity index (χ1) is 9.15. The van der Waals surface area contributed by atoms with E-state index in [4.69, 9.17) is 11.6 Å². The van der Waals surface area contributed by atoms with Gasteiger partial charge in [0.1, 0.15) is 0 Å². The number of aromatic nitrogens is 2. The van der Waals surface area contributed by atoms with E-state index in [-0.39, 0.29) is 11.7 Å². The van der Waals surface area contributed by atoms with Crippen LogP contribution in [-0.2, 0) is 4.79 Å². The van der Waals surface area contributed by atoms with E-state index in [0.29, 0.717) is 15.9 Å². The van der Waals surface area contributed by atoms with Crippen LogP contribution in [0.3, 0.4) is 0 Å². The molecular formula is C12H9BrClN3OS. The maximum Gasteiger partial charge on any atom is 0.234 e. The molecule has 0 unspecified atom stereocenters. The highest BCUT2D eigenvalue weighted by atomic mass is 79.9. The van der Waals surface area contributed by atoms with Crippen molar-refractivity contribution in [3.8, 4) is 0 Å². The molecule has 2 rings (SSSR count). The highest BCUT2D eigenvalue weighted by Gasteiger charge is 2.07. The van der Waals surface area contributed by atoms with E-state index < -0.39 is 0 Å². The van der Waals surface area contributed by atoms with Crippen LogP contribution in [0.25, 0.3) is 0 Å². The summed E-state index contributed by atoms with van der Waals surface area (Å²) in [4.78, 5) is 19.8. The van der Waals surface area contributed by atoms with Crippen molar-refractivity contribution in [1.82, 2.24) is 9.97 Å². The minimum atomic E-state index is -0.151. The lowest BCUT2D eigenvalue weighted by atomic mass is 10.3. The minimum Gasteiger partial charge on any atom is -0.324 e. The van der Waals surface area contributed by atoms with Gasteiger partial charge in [-0.05, 0) is 24.3 Å². The lowest BCUT2D eigenvalue weighted by Gasteiger charge is -2.06. The Bertz CT molecular complexity index is 582. The number of anilines is 1. The summed E-state index contributed by atoms with van der Waals surface area (Å²) in [5.74, 6) is 0.0813. The van der Waals surface area contributed by atoms with Gasteiger partial charge in [0, 0.05) is 16.9 Å². The summed E-state index contributed by atoms with van der Waals surface area (Å²) < 4.78 is 0.863. The Balaban J connectivity index is 1.91. The molecule has 0 fully saturated rings. The van der Waals surface area contributed by atoms with Gasteiger partial charge in [-0.25, -0.2) is 9.97 Å². The molecule has 98 valence electrons. The molecular weight excluding hydrogens is 350 g/mol. The van der Waals surface area contributed by atoms with Gasteiger partial charge in [-0.15, -0.1) is 0 Å². The van der Waals surface area contributed by atoms with E-state index in [1.165, 1.54) is 11.8 Å². The second kappa shape index (κ2) is 6.88. The highest BCUT2D eigenvalue weighted by molar-refractivity contribution is 9.10. The SMILES string of the molecule is O=C(CSc1ncccn1)Nc1ccc(Br)cc1Cl. The number of carbonyl (C=O) groups is 1. The number of hydrogen-bond donors (Lipinski definition) is 1. The van der Waals surface area contributed by atoms with Crippen LogP contribution >= 0.6 is 39.3 Å². The summed E-state index contributed by atoms with van der Waals surface area (Å²) in [6, 6.07) is 7.01. The van der Waals surface area contributed by atoms with E-state index in [0.717, 1.165) is 4.47 Å². The molecule has 1 N–H and O–H groups in total. The highest BCUT2D eigenvalue weighted by Crippen LogP contribution is 2.25. The third kappa shape index (κ3) is 4.49. The molecule has 1 amide bonds. The first-order valence-electron chi connectivity index (χ1n) is 5.30. The van der Waals surface area contributed by atoms with Gasteiger partial charge in [-0.2, -0.15) is 0 Å². The Labute approximate surface area is 128 Å². The van der Waals surface area contributed by atoms with Crippen LogP contribution in [0.1, 0.15) is 0 Å². The molecule has 0 spiro atoms. The Morgan fingerprint density at radius 3 is 2.79 bits per heavy atom. The number of rotatable bonds is 4. The first kappa shape index (κ1) is 14.3. The molecule has 19 heavy (non-hydrogen) atoms. The quantitative estimate of drug-likeness (QED) is 0.670. The van der Waals surface area contributed by atoms with Gasteiger partial charge in [0.2, 0.25) is 5.91 Å². The fourth-order valence-corrected chi connectivity index (χ4v) is 2.59. The van der Waals surface area contributed by atoms with Crippen LogP contribution in [0.5, 0.6) is 0 Å². The van der Waals surface area contributed by atoms with Crippen LogP contribution in [0.4, 0.5) is 5.69 Å². The molecule has 0 saturated carbocycles. The third-order valence-corrected chi connectivity index (χ3v) is 3.76. The summed E-state index contributed by atoms with van der Waals surface area (Å²) in [5.41, 5.74) is 0.587. The van der Waals surface area contributed by atoms with Crippen LogP contribution in [0.2, 0.25) is 5.02 Å². The lowest BCUT2D eigenvalue weighted by Crippen LogP contribution is -2.14. The number of nitrogens with zero attached hydrogens (tertiary/aromatic N) is 2. The largest absolute Gasteiger partial charge is 0.324 e. The average molecular weight is 359 g/mol. The van der Waals surface area contributed by atoms with Crippen LogP contribution < -0.4 is 5.32 Å². The van der Waals surface area contributed by atoms with Crippen molar-refractivity contribution in [2.45, 2.75) is 5.16 Å².